The molecule has 30 heavy (non-hydrogen) atoms. The van der Waals surface area contributed by atoms with E-state index < -0.39 is 0 Å². The molecule has 0 atom stereocenters. The zero-order valence-electron chi connectivity index (χ0n) is 15.9. The van der Waals surface area contributed by atoms with Gasteiger partial charge in [-0.15, -0.1) is 0 Å². The molecule has 4 nitrogen and oxygen atoms in total. The minimum atomic E-state index is 0.856. The van der Waals surface area contributed by atoms with E-state index in [0.29, 0.717) is 0 Å². The molecule has 0 radical (unpaired) electrons. The fraction of sp³-hybridized carbons (Fsp3) is 0. The molecule has 0 aliphatic rings. The number of para-hydroxylation sites is 2. The highest BCUT2D eigenvalue weighted by Gasteiger charge is 2.16. The van der Waals surface area contributed by atoms with E-state index in [-0.39, 0.29) is 0 Å². The Labute approximate surface area is 171 Å². The van der Waals surface area contributed by atoms with Crippen LogP contribution in [0.4, 0.5) is 0 Å². The van der Waals surface area contributed by atoms with Crippen molar-refractivity contribution in [3.8, 4) is 11.4 Å². The van der Waals surface area contributed by atoms with Crippen LogP contribution in [-0.4, -0.2) is 9.13 Å². The third kappa shape index (κ3) is 2.05. The molecule has 0 aliphatic carbocycles. The first kappa shape index (κ1) is 15.7. The van der Waals surface area contributed by atoms with E-state index in [2.05, 4.69) is 64.0 Å². The molecule has 0 aliphatic heterocycles. The van der Waals surface area contributed by atoms with Crippen molar-refractivity contribution in [1.29, 1.82) is 0 Å². The third-order valence-corrected chi connectivity index (χ3v) is 5.84. The molecule has 0 bridgehead atoms. The highest BCUT2D eigenvalue weighted by molar-refractivity contribution is 6.06. The van der Waals surface area contributed by atoms with E-state index in [0.717, 1.165) is 55.5 Å². The van der Waals surface area contributed by atoms with Gasteiger partial charge in [-0.05, 0) is 48.5 Å². The van der Waals surface area contributed by atoms with Crippen LogP contribution in [0.1, 0.15) is 0 Å². The molecule has 0 N–H and O–H groups in total. The molecule has 142 valence electrons. The molecule has 0 saturated heterocycles. The highest BCUT2D eigenvalue weighted by atomic mass is 16.3. The average molecular weight is 388 g/mol. The summed E-state index contributed by atoms with van der Waals surface area (Å²) in [5, 5.41) is 4.45. The van der Waals surface area contributed by atoms with Gasteiger partial charge in [-0.2, -0.15) is 0 Å². The molecule has 0 spiro atoms. The monoisotopic (exact) mass is 388 g/mol. The highest BCUT2D eigenvalue weighted by Crippen LogP contribution is 2.35. The number of aromatic nitrogens is 2. The SMILES string of the molecule is c1ccc(-n2ccc3c4cc(-n5ccc6c7ccccc7oc65)ccc4oc32)cc1. The summed E-state index contributed by atoms with van der Waals surface area (Å²) in [6.45, 7) is 0. The summed E-state index contributed by atoms with van der Waals surface area (Å²) in [6, 6.07) is 28.9. The van der Waals surface area contributed by atoms with Crippen LogP contribution >= 0.6 is 0 Å². The summed E-state index contributed by atoms with van der Waals surface area (Å²) in [5.74, 6) is 0. The first-order valence-corrected chi connectivity index (χ1v) is 9.95. The first-order valence-electron chi connectivity index (χ1n) is 9.95. The molecule has 3 aromatic carbocycles. The van der Waals surface area contributed by atoms with Crippen molar-refractivity contribution < 1.29 is 8.83 Å². The van der Waals surface area contributed by atoms with Crippen LogP contribution in [0.2, 0.25) is 0 Å². The second kappa shape index (κ2) is 5.67. The van der Waals surface area contributed by atoms with Crippen molar-refractivity contribution in [2.45, 2.75) is 0 Å². The first-order chi connectivity index (χ1) is 14.9. The van der Waals surface area contributed by atoms with Crippen molar-refractivity contribution in [2.75, 3.05) is 0 Å². The lowest BCUT2D eigenvalue weighted by molar-refractivity contribution is 0.640. The van der Waals surface area contributed by atoms with Crippen LogP contribution < -0.4 is 0 Å². The average Bonchev–Trinajstić information content (AvgIpc) is 3.53. The maximum absolute atomic E-state index is 6.22. The smallest absolute Gasteiger partial charge is 0.212 e. The number of hydrogen-bond acceptors (Lipinski definition) is 2. The second-order valence-electron chi connectivity index (χ2n) is 7.53. The Morgan fingerprint density at radius 2 is 1.10 bits per heavy atom. The zero-order valence-corrected chi connectivity index (χ0v) is 15.9. The van der Waals surface area contributed by atoms with Gasteiger partial charge in [0, 0.05) is 45.3 Å². The number of hydrogen-bond donors (Lipinski definition) is 0. The molecule has 4 aromatic heterocycles. The minimum absolute atomic E-state index is 0.856. The van der Waals surface area contributed by atoms with Crippen molar-refractivity contribution in [2.24, 2.45) is 0 Å². The minimum Gasteiger partial charge on any atom is -0.439 e. The maximum atomic E-state index is 6.22. The van der Waals surface area contributed by atoms with Gasteiger partial charge >= 0.3 is 0 Å². The fourth-order valence-electron chi connectivity index (χ4n) is 4.40. The van der Waals surface area contributed by atoms with Gasteiger partial charge in [0.1, 0.15) is 11.2 Å². The van der Waals surface area contributed by atoms with E-state index in [1.165, 1.54) is 0 Å². The number of nitrogens with zero attached hydrogens (tertiary/aromatic N) is 2. The summed E-state index contributed by atoms with van der Waals surface area (Å²) in [7, 11) is 0. The Hall–Kier alpha value is -4.18. The number of benzene rings is 3. The summed E-state index contributed by atoms with van der Waals surface area (Å²) in [5.41, 5.74) is 5.63. The quantitative estimate of drug-likeness (QED) is 0.318. The molecule has 0 amide bonds. The van der Waals surface area contributed by atoms with Gasteiger partial charge in [-0.25, -0.2) is 0 Å². The van der Waals surface area contributed by atoms with Crippen molar-refractivity contribution in [3.63, 3.8) is 0 Å². The Morgan fingerprint density at radius 3 is 1.90 bits per heavy atom. The zero-order chi connectivity index (χ0) is 19.7. The van der Waals surface area contributed by atoms with Gasteiger partial charge in [0.15, 0.2) is 0 Å². The maximum Gasteiger partial charge on any atom is 0.212 e. The largest absolute Gasteiger partial charge is 0.439 e. The van der Waals surface area contributed by atoms with E-state index in [4.69, 9.17) is 8.83 Å². The van der Waals surface area contributed by atoms with Gasteiger partial charge in [0.2, 0.25) is 11.4 Å². The number of rotatable bonds is 2. The standard InChI is InChI=1S/C26H16N2O2/c1-2-6-17(7-3-1)27-14-13-21-22-16-18(10-11-24(22)30-26(21)27)28-15-12-20-19-8-4-5-9-23(19)29-25(20)28/h1-16H. The lowest BCUT2D eigenvalue weighted by Crippen LogP contribution is -1.89. The van der Waals surface area contributed by atoms with Crippen molar-refractivity contribution in [3.05, 3.63) is 97.3 Å². The van der Waals surface area contributed by atoms with E-state index >= 15 is 0 Å². The number of furan rings is 2. The van der Waals surface area contributed by atoms with Crippen molar-refractivity contribution in [1.82, 2.24) is 9.13 Å². The topological polar surface area (TPSA) is 36.1 Å². The molecule has 0 saturated carbocycles. The Bertz CT molecular complexity index is 1690. The van der Waals surface area contributed by atoms with Crippen LogP contribution in [0.3, 0.4) is 0 Å². The Kier molecular flexibility index (Phi) is 2.97. The molecule has 7 aromatic rings. The number of fused-ring (bicyclic) bond motifs is 6. The van der Waals surface area contributed by atoms with Crippen LogP contribution in [0.25, 0.3) is 55.5 Å². The van der Waals surface area contributed by atoms with Crippen LogP contribution in [0.5, 0.6) is 0 Å². The molecule has 4 heterocycles. The van der Waals surface area contributed by atoms with Gasteiger partial charge in [0.25, 0.3) is 0 Å². The summed E-state index contributed by atoms with van der Waals surface area (Å²) in [6.07, 6.45) is 4.12. The Balaban J connectivity index is 1.45. The van der Waals surface area contributed by atoms with E-state index in [1.54, 1.807) is 0 Å². The van der Waals surface area contributed by atoms with Gasteiger partial charge in [0.05, 0.1) is 0 Å². The van der Waals surface area contributed by atoms with Gasteiger partial charge in [-0.1, -0.05) is 36.4 Å². The lowest BCUT2D eigenvalue weighted by Gasteiger charge is -2.03. The molecule has 0 unspecified atom stereocenters. The summed E-state index contributed by atoms with van der Waals surface area (Å²) >= 11 is 0. The fourth-order valence-corrected chi connectivity index (χ4v) is 4.40. The molecule has 0 fully saturated rings. The molecular weight excluding hydrogens is 372 g/mol. The second-order valence-corrected chi connectivity index (χ2v) is 7.53. The predicted molar refractivity (Wildman–Crippen MR) is 120 cm³/mol. The van der Waals surface area contributed by atoms with E-state index in [1.807, 2.05) is 42.5 Å². The third-order valence-electron chi connectivity index (χ3n) is 5.84. The van der Waals surface area contributed by atoms with Gasteiger partial charge in [-0.3, -0.25) is 9.13 Å². The van der Waals surface area contributed by atoms with Crippen LogP contribution in [0.15, 0.2) is 106 Å². The molecule has 4 heteroatoms. The lowest BCUT2D eigenvalue weighted by atomic mass is 10.2. The summed E-state index contributed by atoms with van der Waals surface area (Å²) < 4.78 is 16.6. The van der Waals surface area contributed by atoms with Crippen molar-refractivity contribution >= 4 is 44.1 Å². The molecule has 7 rings (SSSR count). The molecular formula is C26H16N2O2. The van der Waals surface area contributed by atoms with E-state index in [9.17, 15) is 0 Å². The summed E-state index contributed by atoms with van der Waals surface area (Å²) in [4.78, 5) is 0. The van der Waals surface area contributed by atoms with Crippen LogP contribution in [0, 0.1) is 0 Å². The van der Waals surface area contributed by atoms with Crippen LogP contribution in [-0.2, 0) is 0 Å². The van der Waals surface area contributed by atoms with Gasteiger partial charge < -0.3 is 8.83 Å². The Morgan fingerprint density at radius 1 is 0.467 bits per heavy atom. The normalized spacial score (nSPS) is 12.0. The predicted octanol–water partition coefficient (Wildman–Crippen LogP) is 7.07.